The first kappa shape index (κ1) is 11.5. The van der Waals surface area contributed by atoms with Crippen molar-refractivity contribution < 1.29 is 4.79 Å². The van der Waals surface area contributed by atoms with Crippen molar-refractivity contribution in [3.63, 3.8) is 0 Å². The number of amides is 1. The van der Waals surface area contributed by atoms with E-state index in [0.717, 1.165) is 38.3 Å². The minimum absolute atomic E-state index is 0.0778. The van der Waals surface area contributed by atoms with Crippen LogP contribution in [0.25, 0.3) is 0 Å². The molecule has 2 N–H and O–H groups in total. The summed E-state index contributed by atoms with van der Waals surface area (Å²) in [6, 6.07) is 0.0778. The Labute approximate surface area is 86.6 Å². The molecule has 0 aromatic carbocycles. The third-order valence-corrected chi connectivity index (χ3v) is 2.63. The van der Waals surface area contributed by atoms with E-state index in [1.807, 2.05) is 0 Å². The highest BCUT2D eigenvalue weighted by atomic mass is 16.2. The summed E-state index contributed by atoms with van der Waals surface area (Å²) in [5.41, 5.74) is 0. The van der Waals surface area contributed by atoms with Crippen LogP contribution in [-0.4, -0.2) is 25.0 Å². The maximum Gasteiger partial charge on any atom is 0.237 e. The van der Waals surface area contributed by atoms with E-state index < -0.39 is 0 Å². The number of hydrogen-bond donors (Lipinski definition) is 2. The second kappa shape index (κ2) is 6.02. The second-order valence-electron chi connectivity index (χ2n) is 4.48. The van der Waals surface area contributed by atoms with E-state index in [4.69, 9.17) is 0 Å². The lowest BCUT2D eigenvalue weighted by molar-refractivity contribution is -0.122. The highest BCUT2D eigenvalue weighted by molar-refractivity contribution is 5.81. The molecule has 1 amide bonds. The summed E-state index contributed by atoms with van der Waals surface area (Å²) in [4.78, 5) is 11.5. The van der Waals surface area contributed by atoms with Gasteiger partial charge >= 0.3 is 0 Å². The maximum absolute atomic E-state index is 11.5. The van der Waals surface area contributed by atoms with Crippen LogP contribution in [0.1, 0.15) is 39.5 Å². The van der Waals surface area contributed by atoms with E-state index in [2.05, 4.69) is 24.5 Å². The summed E-state index contributed by atoms with van der Waals surface area (Å²) in [5.74, 6) is 0.919. The van der Waals surface area contributed by atoms with Crippen LogP contribution < -0.4 is 10.6 Å². The molecule has 14 heavy (non-hydrogen) atoms. The topological polar surface area (TPSA) is 41.1 Å². The fourth-order valence-corrected chi connectivity index (χ4v) is 1.75. The summed E-state index contributed by atoms with van der Waals surface area (Å²) < 4.78 is 0. The Hall–Kier alpha value is -0.570. The molecule has 3 heteroatoms. The number of carbonyl (C=O) groups is 1. The first-order valence-corrected chi connectivity index (χ1v) is 5.71. The fraction of sp³-hybridized carbons (Fsp3) is 0.909. The highest BCUT2D eigenvalue weighted by Gasteiger charge is 2.20. The van der Waals surface area contributed by atoms with Gasteiger partial charge in [-0.15, -0.1) is 0 Å². The lowest BCUT2D eigenvalue weighted by atomic mass is 10.1. The van der Waals surface area contributed by atoms with Gasteiger partial charge in [-0.05, 0) is 38.1 Å². The van der Waals surface area contributed by atoms with Crippen molar-refractivity contribution in [3.8, 4) is 0 Å². The lowest BCUT2D eigenvalue weighted by Gasteiger charge is -2.11. The van der Waals surface area contributed by atoms with Crippen molar-refractivity contribution in [1.29, 1.82) is 0 Å². The molecular weight excluding hydrogens is 176 g/mol. The van der Waals surface area contributed by atoms with E-state index >= 15 is 0 Å². The largest absolute Gasteiger partial charge is 0.355 e. The maximum atomic E-state index is 11.5. The standard InChI is InChI=1S/C11H22N2O/c1-9(2)5-3-8-13-11(14)10-6-4-7-12-10/h9-10,12H,3-8H2,1-2H3,(H,13,14)/t10-/m0/s1. The van der Waals surface area contributed by atoms with Crippen LogP contribution in [-0.2, 0) is 4.79 Å². The van der Waals surface area contributed by atoms with Crippen LogP contribution in [0.15, 0.2) is 0 Å². The molecule has 0 aliphatic carbocycles. The zero-order valence-corrected chi connectivity index (χ0v) is 9.31. The molecule has 0 saturated carbocycles. The van der Waals surface area contributed by atoms with Crippen LogP contribution in [0.4, 0.5) is 0 Å². The van der Waals surface area contributed by atoms with Gasteiger partial charge in [0, 0.05) is 6.54 Å². The fourth-order valence-electron chi connectivity index (χ4n) is 1.75. The highest BCUT2D eigenvalue weighted by Crippen LogP contribution is 2.05. The van der Waals surface area contributed by atoms with Crippen molar-refractivity contribution in [2.45, 2.75) is 45.6 Å². The molecule has 0 spiro atoms. The molecular formula is C11H22N2O. The van der Waals surface area contributed by atoms with Gasteiger partial charge in [0.05, 0.1) is 6.04 Å². The Morgan fingerprint density at radius 2 is 2.36 bits per heavy atom. The molecule has 3 nitrogen and oxygen atoms in total. The smallest absolute Gasteiger partial charge is 0.237 e. The number of rotatable bonds is 5. The molecule has 1 fully saturated rings. The minimum atomic E-state index is 0.0778. The van der Waals surface area contributed by atoms with Crippen LogP contribution >= 0.6 is 0 Å². The van der Waals surface area contributed by atoms with Crippen LogP contribution in [0.2, 0.25) is 0 Å². The second-order valence-corrected chi connectivity index (χ2v) is 4.48. The molecule has 0 unspecified atom stereocenters. The van der Waals surface area contributed by atoms with Crippen molar-refractivity contribution >= 4 is 5.91 Å². The van der Waals surface area contributed by atoms with E-state index in [-0.39, 0.29) is 11.9 Å². The first-order valence-electron chi connectivity index (χ1n) is 5.71. The monoisotopic (exact) mass is 198 g/mol. The summed E-state index contributed by atoms with van der Waals surface area (Å²) in [5, 5.41) is 6.17. The third kappa shape index (κ3) is 4.09. The lowest BCUT2D eigenvalue weighted by Crippen LogP contribution is -2.40. The minimum Gasteiger partial charge on any atom is -0.355 e. The molecule has 1 atom stereocenters. The normalized spacial score (nSPS) is 21.5. The SMILES string of the molecule is CC(C)CCCNC(=O)[C@@H]1CCCN1. The summed E-state index contributed by atoms with van der Waals surface area (Å²) in [6.45, 7) is 6.24. The Morgan fingerprint density at radius 1 is 1.57 bits per heavy atom. The molecule has 1 saturated heterocycles. The van der Waals surface area contributed by atoms with Gasteiger partial charge in [0.15, 0.2) is 0 Å². The van der Waals surface area contributed by atoms with Gasteiger partial charge < -0.3 is 10.6 Å². The predicted molar refractivity (Wildman–Crippen MR) is 58.1 cm³/mol. The Balaban J connectivity index is 2.03. The predicted octanol–water partition coefficient (Wildman–Crippen LogP) is 1.29. The third-order valence-electron chi connectivity index (χ3n) is 2.63. The van der Waals surface area contributed by atoms with Gasteiger partial charge in [0.25, 0.3) is 0 Å². The molecule has 0 radical (unpaired) electrons. The van der Waals surface area contributed by atoms with Gasteiger partial charge in [-0.25, -0.2) is 0 Å². The zero-order valence-electron chi connectivity index (χ0n) is 9.31. The Bertz CT molecular complexity index is 174. The average Bonchev–Trinajstić information content (AvgIpc) is 2.64. The number of nitrogens with one attached hydrogen (secondary N) is 2. The molecule has 82 valence electrons. The van der Waals surface area contributed by atoms with Crippen LogP contribution in [0, 0.1) is 5.92 Å². The number of hydrogen-bond acceptors (Lipinski definition) is 2. The van der Waals surface area contributed by atoms with Crippen molar-refractivity contribution in [1.82, 2.24) is 10.6 Å². The molecule has 0 bridgehead atoms. The van der Waals surface area contributed by atoms with Crippen molar-refractivity contribution in [2.24, 2.45) is 5.92 Å². The van der Waals surface area contributed by atoms with Gasteiger partial charge in [-0.3, -0.25) is 4.79 Å². The molecule has 1 heterocycles. The zero-order chi connectivity index (χ0) is 10.4. The Kier molecular flexibility index (Phi) is 4.94. The van der Waals surface area contributed by atoms with E-state index in [1.165, 1.54) is 6.42 Å². The molecule has 1 aliphatic rings. The molecule has 0 aromatic heterocycles. The van der Waals surface area contributed by atoms with Crippen molar-refractivity contribution in [2.75, 3.05) is 13.1 Å². The summed E-state index contributed by atoms with van der Waals surface area (Å²) in [7, 11) is 0. The molecule has 1 rings (SSSR count). The number of carbonyl (C=O) groups excluding carboxylic acids is 1. The van der Waals surface area contributed by atoms with Gasteiger partial charge in [-0.2, -0.15) is 0 Å². The summed E-state index contributed by atoms with van der Waals surface area (Å²) in [6.07, 6.45) is 4.41. The van der Waals surface area contributed by atoms with E-state index in [1.54, 1.807) is 0 Å². The quantitative estimate of drug-likeness (QED) is 0.654. The Morgan fingerprint density at radius 3 is 2.93 bits per heavy atom. The first-order chi connectivity index (χ1) is 6.70. The van der Waals surface area contributed by atoms with Gasteiger partial charge in [0.2, 0.25) is 5.91 Å². The average molecular weight is 198 g/mol. The summed E-state index contributed by atoms with van der Waals surface area (Å²) >= 11 is 0. The van der Waals surface area contributed by atoms with Gasteiger partial charge in [-0.1, -0.05) is 13.8 Å². The molecule has 1 aliphatic heterocycles. The van der Waals surface area contributed by atoms with E-state index in [0.29, 0.717) is 0 Å². The molecule has 0 aromatic rings. The van der Waals surface area contributed by atoms with Crippen LogP contribution in [0.3, 0.4) is 0 Å². The van der Waals surface area contributed by atoms with E-state index in [9.17, 15) is 4.79 Å². The van der Waals surface area contributed by atoms with Crippen molar-refractivity contribution in [3.05, 3.63) is 0 Å². The van der Waals surface area contributed by atoms with Gasteiger partial charge in [0.1, 0.15) is 0 Å². The van der Waals surface area contributed by atoms with Crippen LogP contribution in [0.5, 0.6) is 0 Å².